The Balaban J connectivity index is 1.06. The van der Waals surface area contributed by atoms with Crippen LogP contribution < -0.4 is 5.32 Å². The molecule has 2 amide bonds. The van der Waals surface area contributed by atoms with E-state index in [4.69, 9.17) is 0 Å². The molecule has 1 N–H and O–H groups in total. The maximum Gasteiger partial charge on any atom is 0.318 e. The van der Waals surface area contributed by atoms with Gasteiger partial charge in [-0.05, 0) is 119 Å². The van der Waals surface area contributed by atoms with Crippen LogP contribution in [0.2, 0.25) is 0 Å². The molecule has 0 saturated heterocycles. The molecule has 8 saturated carbocycles. The van der Waals surface area contributed by atoms with Crippen molar-refractivity contribution < 1.29 is 4.79 Å². The molecule has 204 valence electrons. The summed E-state index contributed by atoms with van der Waals surface area (Å²) in [6, 6.07) is 0.356. The lowest BCUT2D eigenvalue weighted by atomic mass is 9.48. The molecule has 0 unspecified atom stereocenters. The highest BCUT2D eigenvalue weighted by atomic mass is 16.2. The smallest absolute Gasteiger partial charge is 0.318 e. The Morgan fingerprint density at radius 2 is 0.917 bits per heavy atom. The summed E-state index contributed by atoms with van der Waals surface area (Å²) >= 11 is 0. The van der Waals surface area contributed by atoms with Gasteiger partial charge < -0.3 is 10.2 Å². The highest BCUT2D eigenvalue weighted by molar-refractivity contribution is 5.76. The van der Waals surface area contributed by atoms with Gasteiger partial charge in [-0.3, -0.25) is 0 Å². The normalized spacial score (nSPS) is 41.7. The van der Waals surface area contributed by atoms with Gasteiger partial charge in [-0.2, -0.15) is 0 Å². The van der Waals surface area contributed by atoms with Gasteiger partial charge >= 0.3 is 6.03 Å². The molecular formula is C33H56N2O. The Kier molecular flexibility index (Phi) is 7.66. The first kappa shape index (κ1) is 25.5. The summed E-state index contributed by atoms with van der Waals surface area (Å²) in [5.41, 5.74) is 0.393. The number of amides is 2. The van der Waals surface area contributed by atoms with Gasteiger partial charge in [0.25, 0.3) is 0 Å². The Labute approximate surface area is 222 Å². The predicted molar refractivity (Wildman–Crippen MR) is 149 cm³/mol. The minimum Gasteiger partial charge on any atom is -0.338 e. The average Bonchev–Trinajstić information content (AvgIpc) is 2.80. The molecule has 8 aliphatic rings. The summed E-state index contributed by atoms with van der Waals surface area (Å²) < 4.78 is 0. The molecule has 36 heavy (non-hydrogen) atoms. The molecule has 8 rings (SSSR count). The van der Waals surface area contributed by atoms with Gasteiger partial charge in [0.05, 0.1) is 0 Å². The second-order valence-electron chi connectivity index (χ2n) is 15.0. The molecular weight excluding hydrogens is 440 g/mol. The highest BCUT2D eigenvalue weighted by Gasteiger charge is 2.63. The molecule has 8 aliphatic carbocycles. The fourth-order valence-electron chi connectivity index (χ4n) is 11.5. The molecule has 8 bridgehead atoms. The molecule has 0 spiro atoms. The number of urea groups is 1. The van der Waals surface area contributed by atoms with Crippen LogP contribution in [-0.2, 0) is 0 Å². The van der Waals surface area contributed by atoms with Crippen molar-refractivity contribution in [1.29, 1.82) is 0 Å². The van der Waals surface area contributed by atoms with E-state index in [0.29, 0.717) is 6.03 Å². The van der Waals surface area contributed by atoms with E-state index >= 15 is 0 Å². The second kappa shape index (κ2) is 10.8. The fourth-order valence-corrected chi connectivity index (χ4v) is 11.5. The molecule has 0 radical (unpaired) electrons. The number of carbonyl (C=O) groups excluding carboxylic acids is 1. The molecule has 0 atom stereocenters. The van der Waals surface area contributed by atoms with E-state index in [1.165, 1.54) is 135 Å². The topological polar surface area (TPSA) is 32.3 Å². The second-order valence-corrected chi connectivity index (χ2v) is 15.0. The van der Waals surface area contributed by atoms with Crippen molar-refractivity contribution in [2.75, 3.05) is 6.54 Å². The molecule has 0 aromatic carbocycles. The molecule has 0 aromatic heterocycles. The number of rotatable bonds is 13. The highest BCUT2D eigenvalue weighted by Crippen LogP contribution is 2.64. The zero-order valence-electron chi connectivity index (χ0n) is 23.6. The van der Waals surface area contributed by atoms with Crippen molar-refractivity contribution in [2.24, 2.45) is 35.5 Å². The number of hydrogen-bond donors (Lipinski definition) is 1. The summed E-state index contributed by atoms with van der Waals surface area (Å²) in [6.07, 6.45) is 30.3. The zero-order valence-corrected chi connectivity index (χ0v) is 23.6. The number of unbranched alkanes of at least 4 members (excludes halogenated alkanes) is 9. The summed E-state index contributed by atoms with van der Waals surface area (Å²) in [6.45, 7) is 3.19. The summed E-state index contributed by atoms with van der Waals surface area (Å²) in [5.74, 6) is 5.43. The number of nitrogens with zero attached hydrogens (tertiary/aromatic N) is 1. The van der Waals surface area contributed by atoms with E-state index in [-0.39, 0.29) is 11.1 Å². The standard InChI is InChI=1S/C33H56N2O/c1-2-3-4-5-6-7-8-9-10-11-12-34-31(36)35(32-19-25-13-26(20-32)15-27(14-25)21-32)33-22-28-16-29(23-33)18-30(17-28)24-33/h25-30H,2-24H2,1H3,(H,34,36). The van der Waals surface area contributed by atoms with Crippen LogP contribution >= 0.6 is 0 Å². The Bertz CT molecular complexity index is 644. The minimum absolute atomic E-state index is 0.197. The van der Waals surface area contributed by atoms with Gasteiger partial charge in [0.1, 0.15) is 0 Å². The van der Waals surface area contributed by atoms with E-state index < -0.39 is 0 Å². The first-order chi connectivity index (χ1) is 17.6. The van der Waals surface area contributed by atoms with E-state index in [0.717, 1.165) is 48.5 Å². The monoisotopic (exact) mass is 496 g/mol. The first-order valence-electron chi connectivity index (χ1n) is 16.7. The van der Waals surface area contributed by atoms with Gasteiger partial charge in [0.2, 0.25) is 0 Å². The maximum atomic E-state index is 14.2. The minimum atomic E-state index is 0.197. The van der Waals surface area contributed by atoms with E-state index in [1.54, 1.807) is 0 Å². The van der Waals surface area contributed by atoms with Gasteiger partial charge in [-0.1, -0.05) is 64.7 Å². The zero-order chi connectivity index (χ0) is 24.6. The molecule has 3 nitrogen and oxygen atoms in total. The lowest BCUT2D eigenvalue weighted by molar-refractivity contribution is -0.154. The van der Waals surface area contributed by atoms with Gasteiger partial charge in [-0.15, -0.1) is 0 Å². The third-order valence-corrected chi connectivity index (χ3v) is 12.0. The van der Waals surface area contributed by atoms with Crippen molar-refractivity contribution in [2.45, 2.75) is 159 Å². The quantitative estimate of drug-likeness (QED) is 0.254. The molecule has 0 aromatic rings. The Morgan fingerprint density at radius 3 is 1.28 bits per heavy atom. The SMILES string of the molecule is CCCCCCCCCCCCNC(=O)N(C12CC3CC(CC(C3)C1)C2)C12CC3CC(CC(C3)C1)C2. The fraction of sp³-hybridized carbons (Fsp3) is 0.970. The van der Waals surface area contributed by atoms with Crippen LogP contribution in [-0.4, -0.2) is 28.6 Å². The van der Waals surface area contributed by atoms with E-state index in [9.17, 15) is 4.79 Å². The summed E-state index contributed by atoms with van der Waals surface area (Å²) in [4.78, 5) is 16.9. The van der Waals surface area contributed by atoms with Crippen LogP contribution in [0, 0.1) is 35.5 Å². The van der Waals surface area contributed by atoms with Crippen LogP contribution in [0.3, 0.4) is 0 Å². The molecule has 3 heteroatoms. The van der Waals surface area contributed by atoms with Gasteiger partial charge in [0, 0.05) is 17.6 Å². The largest absolute Gasteiger partial charge is 0.338 e. The predicted octanol–water partition coefficient (Wildman–Crippen LogP) is 8.86. The van der Waals surface area contributed by atoms with Crippen molar-refractivity contribution in [3.8, 4) is 0 Å². The lowest BCUT2D eigenvalue weighted by Gasteiger charge is -2.68. The first-order valence-corrected chi connectivity index (χ1v) is 16.7. The van der Waals surface area contributed by atoms with Crippen molar-refractivity contribution in [3.63, 3.8) is 0 Å². The molecule has 0 heterocycles. The number of carbonyl (C=O) groups is 1. The van der Waals surface area contributed by atoms with Gasteiger partial charge in [0.15, 0.2) is 0 Å². The van der Waals surface area contributed by atoms with Gasteiger partial charge in [-0.25, -0.2) is 4.79 Å². The number of hydrogen-bond acceptors (Lipinski definition) is 1. The average molecular weight is 497 g/mol. The van der Waals surface area contributed by atoms with Crippen molar-refractivity contribution >= 4 is 6.03 Å². The third kappa shape index (κ3) is 5.12. The van der Waals surface area contributed by atoms with Crippen LogP contribution in [0.5, 0.6) is 0 Å². The number of nitrogens with one attached hydrogen (secondary N) is 1. The van der Waals surface area contributed by atoms with Crippen LogP contribution in [0.1, 0.15) is 148 Å². The van der Waals surface area contributed by atoms with Crippen LogP contribution in [0.25, 0.3) is 0 Å². The Hall–Kier alpha value is -0.730. The van der Waals surface area contributed by atoms with Crippen LogP contribution in [0.4, 0.5) is 4.79 Å². The summed E-state index contributed by atoms with van der Waals surface area (Å²) in [7, 11) is 0. The Morgan fingerprint density at radius 1 is 0.583 bits per heavy atom. The van der Waals surface area contributed by atoms with Crippen molar-refractivity contribution in [1.82, 2.24) is 10.2 Å². The van der Waals surface area contributed by atoms with Crippen LogP contribution in [0.15, 0.2) is 0 Å². The third-order valence-electron chi connectivity index (χ3n) is 12.0. The molecule has 8 fully saturated rings. The maximum absolute atomic E-state index is 14.2. The van der Waals surface area contributed by atoms with E-state index in [1.807, 2.05) is 0 Å². The van der Waals surface area contributed by atoms with E-state index in [2.05, 4.69) is 17.1 Å². The summed E-state index contributed by atoms with van der Waals surface area (Å²) in [5, 5.41) is 3.54. The lowest BCUT2D eigenvalue weighted by Crippen LogP contribution is -2.73. The van der Waals surface area contributed by atoms with Crippen molar-refractivity contribution in [3.05, 3.63) is 0 Å². The molecule has 0 aliphatic heterocycles.